The summed E-state index contributed by atoms with van der Waals surface area (Å²) in [5, 5.41) is 0. The van der Waals surface area contributed by atoms with Gasteiger partial charge >= 0.3 is 0 Å². The molecule has 4 heteroatoms. The normalized spacial score (nSPS) is 12.8. The van der Waals surface area contributed by atoms with Gasteiger partial charge in [0.1, 0.15) is 17.1 Å². The van der Waals surface area contributed by atoms with E-state index in [-0.39, 0.29) is 11.2 Å². The van der Waals surface area contributed by atoms with E-state index in [4.69, 9.17) is 9.47 Å². The Morgan fingerprint density at radius 3 is 2.13 bits per heavy atom. The molecule has 23 heavy (non-hydrogen) atoms. The van der Waals surface area contributed by atoms with Crippen LogP contribution in [0.1, 0.15) is 57.8 Å². The average molecular weight is 338 g/mol. The number of carbonyl (C=O) groups is 1. The van der Waals surface area contributed by atoms with E-state index in [2.05, 4.69) is 30.0 Å². The van der Waals surface area contributed by atoms with Gasteiger partial charge in [0.2, 0.25) is 0 Å². The maximum Gasteiger partial charge on any atom is 0.170 e. The van der Waals surface area contributed by atoms with E-state index in [1.807, 2.05) is 32.0 Å². The summed E-state index contributed by atoms with van der Waals surface area (Å²) in [6, 6.07) is 5.56. The van der Waals surface area contributed by atoms with Crippen molar-refractivity contribution < 1.29 is 14.3 Å². The maximum absolute atomic E-state index is 13.0. The van der Waals surface area contributed by atoms with Crippen LogP contribution in [0.2, 0.25) is 0 Å². The third kappa shape index (κ3) is 6.14. The fourth-order valence-corrected chi connectivity index (χ4v) is 3.13. The van der Waals surface area contributed by atoms with Gasteiger partial charge in [-0.05, 0) is 49.9 Å². The highest BCUT2D eigenvalue weighted by Crippen LogP contribution is 2.36. The first-order valence-corrected chi connectivity index (χ1v) is 9.28. The molecule has 0 bridgehead atoms. The van der Waals surface area contributed by atoms with Crippen molar-refractivity contribution in [2.75, 3.05) is 19.4 Å². The number of benzene rings is 1. The maximum atomic E-state index is 13.0. The number of ether oxygens (including phenoxy) is 2. The van der Waals surface area contributed by atoms with Gasteiger partial charge in [0.05, 0.1) is 13.2 Å². The molecule has 130 valence electrons. The lowest BCUT2D eigenvalue weighted by Crippen LogP contribution is -2.21. The van der Waals surface area contributed by atoms with Crippen molar-refractivity contribution in [1.82, 2.24) is 0 Å². The molecule has 0 heterocycles. The minimum Gasteiger partial charge on any atom is -0.493 e. The van der Waals surface area contributed by atoms with Crippen LogP contribution in [0.5, 0.6) is 11.5 Å². The van der Waals surface area contributed by atoms with Crippen molar-refractivity contribution in [3.8, 4) is 11.5 Å². The summed E-state index contributed by atoms with van der Waals surface area (Å²) in [5.74, 6) is 1.92. The Morgan fingerprint density at radius 2 is 1.70 bits per heavy atom. The van der Waals surface area contributed by atoms with Crippen LogP contribution >= 0.6 is 9.24 Å². The van der Waals surface area contributed by atoms with Gasteiger partial charge in [0, 0.05) is 6.42 Å². The van der Waals surface area contributed by atoms with Crippen molar-refractivity contribution in [1.29, 1.82) is 0 Å². The molecule has 0 spiro atoms. The van der Waals surface area contributed by atoms with Crippen LogP contribution in [0.15, 0.2) is 18.2 Å². The van der Waals surface area contributed by atoms with Gasteiger partial charge < -0.3 is 9.47 Å². The molecule has 0 aliphatic rings. The molecule has 3 nitrogen and oxygen atoms in total. The summed E-state index contributed by atoms with van der Waals surface area (Å²) >= 11 is 0. The highest BCUT2D eigenvalue weighted by molar-refractivity contribution is 7.16. The Labute approximate surface area is 143 Å². The molecule has 1 rings (SSSR count). The van der Waals surface area contributed by atoms with E-state index in [1.54, 1.807) is 0 Å². The number of rotatable bonds is 10. The van der Waals surface area contributed by atoms with Gasteiger partial charge in [-0.25, -0.2) is 0 Å². The molecule has 0 N–H and O–H groups in total. The second-order valence-corrected chi connectivity index (χ2v) is 7.28. The number of hydrogen-bond donors (Lipinski definition) is 0. The van der Waals surface area contributed by atoms with E-state index in [0.717, 1.165) is 12.6 Å². The molecule has 0 saturated heterocycles. The predicted molar refractivity (Wildman–Crippen MR) is 99.9 cm³/mol. The van der Waals surface area contributed by atoms with Crippen LogP contribution < -0.4 is 9.47 Å². The van der Waals surface area contributed by atoms with Crippen molar-refractivity contribution in [3.05, 3.63) is 23.8 Å². The second-order valence-electron chi connectivity index (χ2n) is 6.80. The van der Waals surface area contributed by atoms with Gasteiger partial charge in [0.25, 0.3) is 0 Å². The SMILES string of the molecule is CCOc1cccc(OCC)c1C(=O)CC(C)(C)CC(C)CP. The first-order chi connectivity index (χ1) is 10.8. The van der Waals surface area contributed by atoms with E-state index >= 15 is 0 Å². The molecule has 0 fully saturated rings. The second kappa shape index (κ2) is 9.27. The number of carbonyl (C=O) groups excluding carboxylic acids is 1. The van der Waals surface area contributed by atoms with Gasteiger partial charge in [-0.15, -0.1) is 9.24 Å². The van der Waals surface area contributed by atoms with E-state index < -0.39 is 0 Å². The van der Waals surface area contributed by atoms with Crippen LogP contribution in [-0.2, 0) is 0 Å². The van der Waals surface area contributed by atoms with Gasteiger partial charge in [-0.1, -0.05) is 26.8 Å². The molecule has 0 aliphatic heterocycles. The third-order valence-electron chi connectivity index (χ3n) is 3.81. The summed E-state index contributed by atoms with van der Waals surface area (Å²) in [6.45, 7) is 11.4. The lowest BCUT2D eigenvalue weighted by Gasteiger charge is -2.27. The van der Waals surface area contributed by atoms with Crippen molar-refractivity contribution >= 4 is 15.0 Å². The summed E-state index contributed by atoms with van der Waals surface area (Å²) < 4.78 is 11.3. The van der Waals surface area contributed by atoms with Gasteiger partial charge in [0.15, 0.2) is 5.78 Å². The van der Waals surface area contributed by atoms with Crippen LogP contribution in [-0.4, -0.2) is 25.2 Å². The third-order valence-corrected chi connectivity index (χ3v) is 4.61. The summed E-state index contributed by atoms with van der Waals surface area (Å²) in [5.41, 5.74) is 0.540. The van der Waals surface area contributed by atoms with Gasteiger partial charge in [-0.2, -0.15) is 0 Å². The molecule has 0 saturated carbocycles. The Balaban J connectivity index is 3.05. The largest absolute Gasteiger partial charge is 0.493 e. The minimum atomic E-state index is -0.0458. The molecule has 0 aliphatic carbocycles. The van der Waals surface area contributed by atoms with E-state index in [9.17, 15) is 4.79 Å². The molecule has 2 unspecified atom stereocenters. The molecule has 2 atom stereocenters. The number of ketones is 1. The Bertz CT molecular complexity index is 487. The smallest absolute Gasteiger partial charge is 0.170 e. The van der Waals surface area contributed by atoms with E-state index in [0.29, 0.717) is 42.6 Å². The first-order valence-electron chi connectivity index (χ1n) is 8.46. The Morgan fingerprint density at radius 1 is 1.17 bits per heavy atom. The molecule has 1 aromatic carbocycles. The van der Waals surface area contributed by atoms with Crippen LogP contribution in [0, 0.1) is 11.3 Å². The molecule has 0 radical (unpaired) electrons. The zero-order valence-corrected chi connectivity index (χ0v) is 16.3. The molecule has 0 amide bonds. The fraction of sp³-hybridized carbons (Fsp3) is 0.632. The lowest BCUT2D eigenvalue weighted by atomic mass is 9.78. The van der Waals surface area contributed by atoms with Crippen molar-refractivity contribution in [2.45, 2.75) is 47.5 Å². The Hall–Kier alpha value is -1.08. The summed E-state index contributed by atoms with van der Waals surface area (Å²) in [4.78, 5) is 13.0. The molecule has 0 aromatic heterocycles. The monoisotopic (exact) mass is 338 g/mol. The van der Waals surface area contributed by atoms with Crippen LogP contribution in [0.4, 0.5) is 0 Å². The average Bonchev–Trinajstić information content (AvgIpc) is 2.46. The molecular weight excluding hydrogens is 307 g/mol. The highest BCUT2D eigenvalue weighted by Gasteiger charge is 2.28. The molecule has 1 aromatic rings. The van der Waals surface area contributed by atoms with Crippen molar-refractivity contribution in [2.24, 2.45) is 11.3 Å². The quantitative estimate of drug-likeness (QED) is 0.446. The van der Waals surface area contributed by atoms with Crippen molar-refractivity contribution in [3.63, 3.8) is 0 Å². The molecular formula is C19H31O3P. The number of hydrogen-bond acceptors (Lipinski definition) is 3. The predicted octanol–water partition coefficient (Wildman–Crippen LogP) is 4.98. The summed E-state index contributed by atoms with van der Waals surface area (Å²) in [7, 11) is 2.78. The number of Topliss-reactive ketones (excluding diaryl/α,β-unsaturated/α-hetero) is 1. The Kier molecular flexibility index (Phi) is 8.05. The van der Waals surface area contributed by atoms with E-state index in [1.165, 1.54) is 0 Å². The lowest BCUT2D eigenvalue weighted by molar-refractivity contribution is 0.0910. The highest BCUT2D eigenvalue weighted by atomic mass is 31.0. The fourth-order valence-electron chi connectivity index (χ4n) is 2.96. The first kappa shape index (κ1) is 20.0. The minimum absolute atomic E-state index is 0.0458. The van der Waals surface area contributed by atoms with Crippen LogP contribution in [0.25, 0.3) is 0 Å². The van der Waals surface area contributed by atoms with Gasteiger partial charge in [-0.3, -0.25) is 4.79 Å². The van der Waals surface area contributed by atoms with Crippen LogP contribution in [0.3, 0.4) is 0 Å². The topological polar surface area (TPSA) is 35.5 Å². The zero-order chi connectivity index (χ0) is 17.5. The summed E-state index contributed by atoms with van der Waals surface area (Å²) in [6.07, 6.45) is 2.56. The zero-order valence-electron chi connectivity index (χ0n) is 15.1. The standard InChI is InChI=1S/C19H31O3P/c1-6-21-16-9-8-10-17(22-7-2)18(16)15(20)12-19(4,5)11-14(3)13-23/h8-10,14H,6-7,11-13,23H2,1-5H3.